The molecule has 1 aliphatic carbocycles. The van der Waals surface area contributed by atoms with Crippen LogP contribution in [0, 0.1) is 5.92 Å². The topological polar surface area (TPSA) is 52.3 Å². The molecule has 0 spiro atoms. The van der Waals surface area contributed by atoms with Gasteiger partial charge in [-0.3, -0.25) is 4.79 Å². The van der Waals surface area contributed by atoms with Crippen LogP contribution in [0.5, 0.6) is 0 Å². The third-order valence-electron chi connectivity index (χ3n) is 2.58. The first-order chi connectivity index (χ1) is 6.22. The molecule has 2 N–H and O–H groups in total. The second kappa shape index (κ2) is 5.22. The summed E-state index contributed by atoms with van der Waals surface area (Å²) in [7, 11) is 0. The van der Waals surface area contributed by atoms with Crippen LogP contribution in [0.2, 0.25) is 0 Å². The fourth-order valence-corrected chi connectivity index (χ4v) is 1.97. The molecule has 0 aromatic rings. The summed E-state index contributed by atoms with van der Waals surface area (Å²) in [5.41, 5.74) is 5.82. The molecule has 3 nitrogen and oxygen atoms in total. The molecule has 0 aromatic carbocycles. The largest absolute Gasteiger partial charge is 0.466 e. The lowest BCUT2D eigenvalue weighted by Crippen LogP contribution is -2.29. The summed E-state index contributed by atoms with van der Waals surface area (Å²) in [6, 6.07) is 0.299. The van der Waals surface area contributed by atoms with Gasteiger partial charge in [0.15, 0.2) is 0 Å². The molecule has 13 heavy (non-hydrogen) atoms. The molecule has 3 heteroatoms. The first kappa shape index (κ1) is 10.5. The fraction of sp³-hybridized carbons (Fsp3) is 0.900. The van der Waals surface area contributed by atoms with Crippen LogP contribution in [0.15, 0.2) is 0 Å². The number of rotatable bonds is 3. The third kappa shape index (κ3) is 3.77. The Hall–Kier alpha value is -0.570. The fourth-order valence-electron chi connectivity index (χ4n) is 1.97. The zero-order valence-corrected chi connectivity index (χ0v) is 8.29. The highest BCUT2D eigenvalue weighted by Gasteiger charge is 2.21. The molecule has 0 radical (unpaired) electrons. The van der Waals surface area contributed by atoms with Gasteiger partial charge in [-0.05, 0) is 32.1 Å². The van der Waals surface area contributed by atoms with E-state index in [0.717, 1.165) is 25.7 Å². The Labute approximate surface area is 79.6 Å². The number of esters is 1. The Kier molecular flexibility index (Phi) is 4.22. The molecule has 0 amide bonds. The predicted molar refractivity (Wildman–Crippen MR) is 51.2 cm³/mol. The van der Waals surface area contributed by atoms with Crippen LogP contribution in [0.4, 0.5) is 0 Å². The van der Waals surface area contributed by atoms with Gasteiger partial charge in [-0.25, -0.2) is 0 Å². The number of carbonyl (C=O) groups excluding carboxylic acids is 1. The van der Waals surface area contributed by atoms with Crippen LogP contribution in [0.1, 0.15) is 39.0 Å². The van der Waals surface area contributed by atoms with Crippen LogP contribution in [-0.4, -0.2) is 18.6 Å². The van der Waals surface area contributed by atoms with Crippen LogP contribution >= 0.6 is 0 Å². The maximum absolute atomic E-state index is 11.2. The van der Waals surface area contributed by atoms with E-state index in [1.165, 1.54) is 0 Å². The molecule has 0 bridgehead atoms. The summed E-state index contributed by atoms with van der Waals surface area (Å²) in [6.07, 6.45) is 4.94. The van der Waals surface area contributed by atoms with Gasteiger partial charge in [0.2, 0.25) is 0 Å². The summed E-state index contributed by atoms with van der Waals surface area (Å²) in [5, 5.41) is 0. The minimum Gasteiger partial charge on any atom is -0.466 e. The third-order valence-corrected chi connectivity index (χ3v) is 2.58. The molecular weight excluding hydrogens is 166 g/mol. The van der Waals surface area contributed by atoms with E-state index in [0.29, 0.717) is 25.0 Å². The lowest BCUT2D eigenvalue weighted by Gasteiger charge is -2.25. The molecule has 2 atom stereocenters. The van der Waals surface area contributed by atoms with Crippen LogP contribution in [0.3, 0.4) is 0 Å². The van der Waals surface area contributed by atoms with Crippen LogP contribution in [-0.2, 0) is 9.53 Å². The van der Waals surface area contributed by atoms with E-state index in [2.05, 4.69) is 0 Å². The van der Waals surface area contributed by atoms with Gasteiger partial charge in [-0.2, -0.15) is 0 Å². The number of hydrogen-bond donors (Lipinski definition) is 1. The number of hydrogen-bond acceptors (Lipinski definition) is 3. The normalized spacial score (nSPS) is 28.5. The van der Waals surface area contributed by atoms with Crippen LogP contribution in [0.25, 0.3) is 0 Å². The van der Waals surface area contributed by atoms with E-state index in [4.69, 9.17) is 10.5 Å². The Balaban J connectivity index is 2.23. The Morgan fingerprint density at radius 2 is 2.31 bits per heavy atom. The monoisotopic (exact) mass is 185 g/mol. The quantitative estimate of drug-likeness (QED) is 0.677. The minimum atomic E-state index is -0.0680. The van der Waals surface area contributed by atoms with Gasteiger partial charge >= 0.3 is 5.97 Å². The van der Waals surface area contributed by atoms with Crippen molar-refractivity contribution in [2.75, 3.05) is 6.61 Å². The molecule has 0 unspecified atom stereocenters. The lowest BCUT2D eigenvalue weighted by atomic mass is 9.84. The predicted octanol–water partition coefficient (Wildman–Crippen LogP) is 1.46. The molecule has 1 saturated carbocycles. The average molecular weight is 185 g/mol. The van der Waals surface area contributed by atoms with Gasteiger partial charge in [0, 0.05) is 12.5 Å². The molecule has 0 saturated heterocycles. The summed E-state index contributed by atoms with van der Waals surface area (Å²) >= 11 is 0. The SMILES string of the molecule is CCOC(=O)C[C@@H]1CCC[C@H](N)C1. The molecule has 76 valence electrons. The number of ether oxygens (including phenoxy) is 1. The molecule has 0 aromatic heterocycles. The number of nitrogens with two attached hydrogens (primary N) is 1. The molecule has 0 aliphatic heterocycles. The van der Waals surface area contributed by atoms with Crippen molar-refractivity contribution in [1.82, 2.24) is 0 Å². The molecular formula is C10H19NO2. The maximum Gasteiger partial charge on any atom is 0.306 e. The highest BCUT2D eigenvalue weighted by atomic mass is 16.5. The van der Waals surface area contributed by atoms with Crippen molar-refractivity contribution in [2.45, 2.75) is 45.1 Å². The van der Waals surface area contributed by atoms with Crippen molar-refractivity contribution in [1.29, 1.82) is 0 Å². The molecule has 1 rings (SSSR count). The van der Waals surface area contributed by atoms with Crippen molar-refractivity contribution in [3.8, 4) is 0 Å². The summed E-state index contributed by atoms with van der Waals surface area (Å²) in [6.45, 7) is 2.32. The van der Waals surface area contributed by atoms with Gasteiger partial charge in [0.25, 0.3) is 0 Å². The Bertz CT molecular complexity index is 170. The van der Waals surface area contributed by atoms with Crippen molar-refractivity contribution in [3.63, 3.8) is 0 Å². The second-order valence-corrected chi connectivity index (χ2v) is 3.80. The van der Waals surface area contributed by atoms with Gasteiger partial charge < -0.3 is 10.5 Å². The van der Waals surface area contributed by atoms with E-state index in [1.807, 2.05) is 6.92 Å². The zero-order valence-electron chi connectivity index (χ0n) is 8.29. The first-order valence-corrected chi connectivity index (χ1v) is 5.13. The van der Waals surface area contributed by atoms with E-state index in [9.17, 15) is 4.79 Å². The molecule has 1 aliphatic rings. The van der Waals surface area contributed by atoms with Gasteiger partial charge in [-0.1, -0.05) is 6.42 Å². The average Bonchev–Trinajstić information content (AvgIpc) is 2.04. The standard InChI is InChI=1S/C10H19NO2/c1-2-13-10(12)7-8-4-3-5-9(11)6-8/h8-9H,2-7,11H2,1H3/t8-,9+/m1/s1. The van der Waals surface area contributed by atoms with Crippen LogP contribution < -0.4 is 5.73 Å². The van der Waals surface area contributed by atoms with E-state index < -0.39 is 0 Å². The molecule has 1 fully saturated rings. The lowest BCUT2D eigenvalue weighted by molar-refractivity contribution is -0.144. The van der Waals surface area contributed by atoms with Gasteiger partial charge in [0.1, 0.15) is 0 Å². The summed E-state index contributed by atoms with van der Waals surface area (Å²) in [4.78, 5) is 11.2. The van der Waals surface area contributed by atoms with Gasteiger partial charge in [-0.15, -0.1) is 0 Å². The molecule has 0 heterocycles. The minimum absolute atomic E-state index is 0.0680. The maximum atomic E-state index is 11.2. The summed E-state index contributed by atoms with van der Waals surface area (Å²) < 4.78 is 4.90. The highest BCUT2D eigenvalue weighted by molar-refractivity contribution is 5.69. The summed E-state index contributed by atoms with van der Waals surface area (Å²) in [5.74, 6) is 0.393. The van der Waals surface area contributed by atoms with Gasteiger partial charge in [0.05, 0.1) is 6.61 Å². The number of carbonyl (C=O) groups is 1. The van der Waals surface area contributed by atoms with E-state index in [1.54, 1.807) is 0 Å². The highest BCUT2D eigenvalue weighted by Crippen LogP contribution is 2.25. The van der Waals surface area contributed by atoms with Crippen molar-refractivity contribution in [2.24, 2.45) is 11.7 Å². The van der Waals surface area contributed by atoms with E-state index in [-0.39, 0.29) is 5.97 Å². The Morgan fingerprint density at radius 1 is 1.54 bits per heavy atom. The smallest absolute Gasteiger partial charge is 0.306 e. The van der Waals surface area contributed by atoms with Crippen molar-refractivity contribution in [3.05, 3.63) is 0 Å². The second-order valence-electron chi connectivity index (χ2n) is 3.80. The first-order valence-electron chi connectivity index (χ1n) is 5.13. The van der Waals surface area contributed by atoms with E-state index >= 15 is 0 Å². The van der Waals surface area contributed by atoms with Crippen molar-refractivity contribution < 1.29 is 9.53 Å². The zero-order chi connectivity index (χ0) is 9.68. The van der Waals surface area contributed by atoms with Crippen molar-refractivity contribution >= 4 is 5.97 Å². The Morgan fingerprint density at radius 3 is 2.92 bits per heavy atom.